The molecule has 0 aromatic heterocycles. The van der Waals surface area contributed by atoms with Crippen molar-refractivity contribution in [3.63, 3.8) is 0 Å². The third kappa shape index (κ3) is 8.80. The van der Waals surface area contributed by atoms with Crippen LogP contribution in [0, 0.1) is 22.2 Å². The Labute approximate surface area is 296 Å². The Morgan fingerprint density at radius 1 is 0.729 bits per heavy atom. The topological polar surface area (TPSA) is 0 Å². The molecule has 5 rings (SSSR count). The Hall–Kier alpha value is -3.38. The fraction of sp³-hybridized carbons (Fsp3) is 0.458. The minimum atomic E-state index is -0.168. The molecule has 1 fully saturated rings. The Morgan fingerprint density at radius 3 is 1.85 bits per heavy atom. The highest BCUT2D eigenvalue weighted by molar-refractivity contribution is 5.75. The minimum Gasteiger partial charge on any atom is -0.0876 e. The number of allylic oxidation sites excluding steroid dienone is 26. The fourth-order valence-electron chi connectivity index (χ4n) is 6.73. The summed E-state index contributed by atoms with van der Waals surface area (Å²) in [5.41, 5.74) is 13.6. The second-order valence-corrected chi connectivity index (χ2v) is 15.6. The Morgan fingerprint density at radius 2 is 1.31 bits per heavy atom. The van der Waals surface area contributed by atoms with Crippen LogP contribution in [0.25, 0.3) is 0 Å². The van der Waals surface area contributed by atoms with Crippen LogP contribution in [0.3, 0.4) is 0 Å². The van der Waals surface area contributed by atoms with Crippen LogP contribution in [0.5, 0.6) is 0 Å². The molecule has 0 amide bonds. The van der Waals surface area contributed by atoms with Crippen LogP contribution in [0.4, 0.5) is 0 Å². The van der Waals surface area contributed by atoms with Crippen molar-refractivity contribution in [2.24, 2.45) is 22.2 Å². The normalized spacial score (nSPS) is 23.9. The molecule has 0 spiro atoms. The summed E-state index contributed by atoms with van der Waals surface area (Å²) in [5.74, 6) is 0.253. The molecule has 0 N–H and O–H groups in total. The van der Waals surface area contributed by atoms with Gasteiger partial charge in [-0.15, -0.1) is 0 Å². The van der Waals surface area contributed by atoms with Crippen LogP contribution >= 0.6 is 0 Å². The van der Waals surface area contributed by atoms with Crippen molar-refractivity contribution in [1.82, 2.24) is 0 Å². The van der Waals surface area contributed by atoms with Crippen LogP contribution in [0.1, 0.15) is 122 Å². The van der Waals surface area contributed by atoms with E-state index in [1.165, 1.54) is 75.0 Å². The Bertz CT molecular complexity index is 1580. The molecule has 258 valence electrons. The van der Waals surface area contributed by atoms with E-state index in [1.807, 2.05) is 13.8 Å². The lowest BCUT2D eigenvalue weighted by molar-refractivity contribution is 0.365. The van der Waals surface area contributed by atoms with Gasteiger partial charge in [0.1, 0.15) is 0 Å². The zero-order chi connectivity index (χ0) is 35.7. The monoisotopic (exact) mass is 643 g/mol. The molecular formula is C48H66. The van der Waals surface area contributed by atoms with E-state index in [0.717, 1.165) is 12.8 Å². The zero-order valence-corrected chi connectivity index (χ0v) is 32.9. The first kappa shape index (κ1) is 39.1. The highest BCUT2D eigenvalue weighted by atomic mass is 14.5. The van der Waals surface area contributed by atoms with E-state index in [0.29, 0.717) is 0 Å². The summed E-state index contributed by atoms with van der Waals surface area (Å²) in [6.07, 6.45) is 44.2. The lowest BCUT2D eigenvalue weighted by Gasteiger charge is -2.53. The minimum absolute atomic E-state index is 0.0326. The molecule has 2 atom stereocenters. The van der Waals surface area contributed by atoms with E-state index in [4.69, 9.17) is 0 Å². The average molecular weight is 643 g/mol. The van der Waals surface area contributed by atoms with Crippen molar-refractivity contribution in [2.45, 2.75) is 122 Å². The van der Waals surface area contributed by atoms with Crippen molar-refractivity contribution in [3.8, 4) is 0 Å². The van der Waals surface area contributed by atoms with Crippen LogP contribution in [-0.2, 0) is 0 Å². The maximum absolute atomic E-state index is 2.53. The number of hydrogen-bond donors (Lipinski definition) is 0. The third-order valence-electron chi connectivity index (χ3n) is 9.57. The van der Waals surface area contributed by atoms with Crippen LogP contribution in [0.2, 0.25) is 0 Å². The van der Waals surface area contributed by atoms with Crippen molar-refractivity contribution in [3.05, 3.63) is 153 Å². The summed E-state index contributed by atoms with van der Waals surface area (Å²) >= 11 is 0. The molecule has 0 saturated heterocycles. The lowest BCUT2D eigenvalue weighted by atomic mass is 9.50. The van der Waals surface area contributed by atoms with Gasteiger partial charge < -0.3 is 0 Å². The molecule has 48 heavy (non-hydrogen) atoms. The molecule has 5 aliphatic carbocycles. The summed E-state index contributed by atoms with van der Waals surface area (Å²) < 4.78 is 0. The van der Waals surface area contributed by atoms with E-state index >= 15 is 0 Å². The van der Waals surface area contributed by atoms with E-state index < -0.39 is 0 Å². The van der Waals surface area contributed by atoms with Gasteiger partial charge in [0.15, 0.2) is 0 Å². The van der Waals surface area contributed by atoms with Gasteiger partial charge in [0.25, 0.3) is 0 Å². The standard InChI is InChI=1S/C43H54.C3H6.C2H6/c1-12-16-18-19-23-31(21-15-4)37-25-32-24-33(41(5,6)7)27-38-36(30(20-14-3)22-17-13-2)28-35-26-34(42(8,9)10)29-39(37)43(35,11)40(32)38;1-2-3-1;1-2/h13-15,17-29,40H,12,16H2,1-11H3;1-3H2;1-2H3/b17-13-,19-18?,20-14-,21-15-,30-22+,31-23+;;. The molecule has 0 aliphatic heterocycles. The van der Waals surface area contributed by atoms with Gasteiger partial charge in [-0.3, -0.25) is 0 Å². The molecular weight excluding hydrogens is 577 g/mol. The predicted octanol–water partition coefficient (Wildman–Crippen LogP) is 14.7. The third-order valence-corrected chi connectivity index (χ3v) is 9.57. The summed E-state index contributed by atoms with van der Waals surface area (Å²) in [7, 11) is 0. The Balaban J connectivity index is 0.00000116. The number of rotatable bonds is 8. The van der Waals surface area contributed by atoms with E-state index in [1.54, 1.807) is 0 Å². The molecule has 0 bridgehead atoms. The molecule has 0 nitrogen and oxygen atoms in total. The molecule has 5 aliphatic rings. The van der Waals surface area contributed by atoms with Crippen molar-refractivity contribution < 1.29 is 0 Å². The maximum Gasteiger partial charge on any atom is 0.0290 e. The SMILES string of the molecule is C1CC1.CC.C\C=C/C=C(\C=C/C)C1=C2C=C(C(C)(C)C)C=C3C=C(C(/C=C\C)=C/C=CCCC)C4=CC(C(C)(C)C)=CC(=C1)C4(C)C32. The second kappa shape index (κ2) is 16.8. The molecule has 0 heteroatoms. The van der Waals surface area contributed by atoms with E-state index in [9.17, 15) is 0 Å². The second-order valence-electron chi connectivity index (χ2n) is 15.6. The van der Waals surface area contributed by atoms with E-state index in [-0.39, 0.29) is 22.2 Å². The van der Waals surface area contributed by atoms with Crippen LogP contribution in [-0.4, -0.2) is 0 Å². The first-order chi connectivity index (χ1) is 22.8. The average Bonchev–Trinajstić information content (AvgIpc) is 3.93. The van der Waals surface area contributed by atoms with E-state index in [2.05, 4.69) is 173 Å². The van der Waals surface area contributed by atoms with Gasteiger partial charge in [0.05, 0.1) is 0 Å². The van der Waals surface area contributed by atoms with Crippen molar-refractivity contribution >= 4 is 0 Å². The van der Waals surface area contributed by atoms with Gasteiger partial charge in [-0.1, -0.05) is 186 Å². The summed E-state index contributed by atoms with van der Waals surface area (Å²) in [5, 5.41) is 0. The number of hydrogen-bond acceptors (Lipinski definition) is 0. The van der Waals surface area contributed by atoms with Gasteiger partial charge in [-0.2, -0.15) is 0 Å². The lowest BCUT2D eigenvalue weighted by Crippen LogP contribution is -2.42. The Kier molecular flexibility index (Phi) is 13.7. The van der Waals surface area contributed by atoms with Crippen molar-refractivity contribution in [1.29, 1.82) is 0 Å². The molecule has 0 radical (unpaired) electrons. The molecule has 2 unspecified atom stereocenters. The predicted molar refractivity (Wildman–Crippen MR) is 216 cm³/mol. The quantitative estimate of drug-likeness (QED) is 0.231. The summed E-state index contributed by atoms with van der Waals surface area (Å²) in [6.45, 7) is 29.1. The summed E-state index contributed by atoms with van der Waals surface area (Å²) in [4.78, 5) is 0. The van der Waals surface area contributed by atoms with Crippen LogP contribution in [0.15, 0.2) is 153 Å². The fourth-order valence-corrected chi connectivity index (χ4v) is 6.73. The molecule has 1 saturated carbocycles. The van der Waals surface area contributed by atoms with Gasteiger partial charge in [-0.05, 0) is 99.8 Å². The first-order valence-corrected chi connectivity index (χ1v) is 18.8. The van der Waals surface area contributed by atoms with Crippen molar-refractivity contribution in [2.75, 3.05) is 0 Å². The highest BCUT2D eigenvalue weighted by Crippen LogP contribution is 2.63. The highest BCUT2D eigenvalue weighted by Gasteiger charge is 2.52. The largest absolute Gasteiger partial charge is 0.0876 e. The summed E-state index contributed by atoms with van der Waals surface area (Å²) in [6, 6.07) is 0. The molecule has 0 heterocycles. The molecule has 0 aromatic rings. The number of unbranched alkanes of at least 4 members (excludes halogenated alkanes) is 1. The van der Waals surface area contributed by atoms with Crippen LogP contribution < -0.4 is 0 Å². The zero-order valence-electron chi connectivity index (χ0n) is 32.9. The van der Waals surface area contributed by atoms with Gasteiger partial charge in [0, 0.05) is 11.3 Å². The van der Waals surface area contributed by atoms with Gasteiger partial charge >= 0.3 is 0 Å². The van der Waals surface area contributed by atoms with Gasteiger partial charge in [0.2, 0.25) is 0 Å². The molecule has 0 aromatic carbocycles. The first-order valence-electron chi connectivity index (χ1n) is 18.8. The smallest absolute Gasteiger partial charge is 0.0290 e. The maximum atomic E-state index is 2.53. The van der Waals surface area contributed by atoms with Gasteiger partial charge in [-0.25, -0.2) is 0 Å².